The number of hydrogen-bond donors (Lipinski definition) is 3. The van der Waals surface area contributed by atoms with Crippen molar-refractivity contribution in [3.63, 3.8) is 0 Å². The first-order valence-electron chi connectivity index (χ1n) is 6.38. The van der Waals surface area contributed by atoms with Gasteiger partial charge in [-0.15, -0.1) is 0 Å². The third-order valence-electron chi connectivity index (χ3n) is 4.22. The molecule has 0 radical (unpaired) electrons. The number of nitrogens with zero attached hydrogens (tertiary/aromatic N) is 1. The quantitative estimate of drug-likeness (QED) is 0.725. The molecule has 0 saturated carbocycles. The van der Waals surface area contributed by atoms with Gasteiger partial charge >= 0.3 is 12.1 Å². The van der Waals surface area contributed by atoms with Crippen LogP contribution in [0.5, 0.6) is 0 Å². The molecule has 6 heteroatoms. The third-order valence-corrected chi connectivity index (χ3v) is 4.22. The Labute approximate surface area is 116 Å². The normalized spacial score (nSPS) is 33.0. The highest BCUT2D eigenvalue weighted by Crippen LogP contribution is 2.39. The van der Waals surface area contributed by atoms with Crippen molar-refractivity contribution in [2.45, 2.75) is 31.5 Å². The average Bonchev–Trinajstić information content (AvgIpc) is 2.64. The highest BCUT2D eigenvalue weighted by atomic mass is 16.4. The molecule has 1 aromatic rings. The summed E-state index contributed by atoms with van der Waals surface area (Å²) in [6, 6.07) is 8.88. The summed E-state index contributed by atoms with van der Waals surface area (Å²) in [7, 11) is 0. The molecule has 0 bridgehead atoms. The van der Waals surface area contributed by atoms with Gasteiger partial charge in [0.25, 0.3) is 0 Å². The van der Waals surface area contributed by atoms with E-state index in [-0.39, 0.29) is 19.5 Å². The van der Waals surface area contributed by atoms with E-state index in [1.54, 1.807) is 24.3 Å². The first kappa shape index (κ1) is 14.5. The van der Waals surface area contributed by atoms with Gasteiger partial charge in [-0.25, -0.2) is 9.28 Å². The van der Waals surface area contributed by atoms with Gasteiger partial charge in [0.15, 0.2) is 0 Å². The number of carboxylic acid groups (broad SMARTS) is 2. The summed E-state index contributed by atoms with van der Waals surface area (Å²) in [5.74, 6) is -1.20. The minimum Gasteiger partial charge on any atom is -0.477 e. The Morgan fingerprint density at radius 2 is 1.90 bits per heavy atom. The Kier molecular flexibility index (Phi) is 3.54. The van der Waals surface area contributed by atoms with Gasteiger partial charge in [0.2, 0.25) is 5.54 Å². The smallest absolute Gasteiger partial charge is 0.477 e. The van der Waals surface area contributed by atoms with E-state index in [0.29, 0.717) is 0 Å². The molecule has 1 aliphatic heterocycles. The molecule has 0 aromatic heterocycles. The first-order chi connectivity index (χ1) is 9.32. The molecule has 3 N–H and O–H groups in total. The molecular weight excluding hydrogens is 262 g/mol. The molecule has 6 nitrogen and oxygen atoms in total. The summed E-state index contributed by atoms with van der Waals surface area (Å²) in [5, 5.41) is 28.9. The van der Waals surface area contributed by atoms with Crippen molar-refractivity contribution in [2.24, 2.45) is 0 Å². The van der Waals surface area contributed by atoms with Crippen LogP contribution in [0.3, 0.4) is 0 Å². The largest absolute Gasteiger partial charge is 0.514 e. The van der Waals surface area contributed by atoms with Crippen LogP contribution in [0.15, 0.2) is 30.3 Å². The Balaban J connectivity index is 2.48. The minimum absolute atomic E-state index is 0.0377. The molecule has 0 aliphatic carbocycles. The maximum absolute atomic E-state index is 11.8. The van der Waals surface area contributed by atoms with E-state index in [4.69, 9.17) is 0 Å². The van der Waals surface area contributed by atoms with Crippen LogP contribution in [0.4, 0.5) is 4.79 Å². The van der Waals surface area contributed by atoms with Gasteiger partial charge in [-0.2, -0.15) is 4.79 Å². The monoisotopic (exact) mass is 280 g/mol. The minimum atomic E-state index is -1.54. The molecule has 1 fully saturated rings. The lowest BCUT2D eigenvalue weighted by Gasteiger charge is -2.38. The molecule has 2 rings (SSSR count). The van der Waals surface area contributed by atoms with Crippen molar-refractivity contribution in [1.29, 1.82) is 0 Å². The lowest BCUT2D eigenvalue weighted by Crippen LogP contribution is -2.65. The van der Waals surface area contributed by atoms with Crippen LogP contribution in [-0.2, 0) is 11.3 Å². The lowest BCUT2D eigenvalue weighted by atomic mass is 9.95. The average molecular weight is 280 g/mol. The zero-order chi connectivity index (χ0) is 15.0. The summed E-state index contributed by atoms with van der Waals surface area (Å²) in [6.07, 6.45) is -2.23. The maximum atomic E-state index is 11.8. The standard InChI is InChI=1S/C14H17NO5/c1-14(12(17)18)7-11(16)9-15(14,13(19)20)8-10-5-3-2-4-6-10/h2-6,11,16H,7-9H2,1H3,(H-,17,18,19,20)/p+1/t11-,14?,15?/m1/s1. The van der Waals surface area contributed by atoms with Gasteiger partial charge in [-0.05, 0) is 0 Å². The lowest BCUT2D eigenvalue weighted by molar-refractivity contribution is -0.898. The van der Waals surface area contributed by atoms with Crippen LogP contribution in [0.1, 0.15) is 18.9 Å². The topological polar surface area (TPSA) is 94.8 Å². The fourth-order valence-electron chi connectivity index (χ4n) is 3.02. The van der Waals surface area contributed by atoms with Crippen LogP contribution in [0, 0.1) is 0 Å². The number of aliphatic carboxylic acids is 1. The number of quaternary nitrogens is 1. The molecular formula is C14H18NO5+. The molecule has 1 saturated heterocycles. The van der Waals surface area contributed by atoms with Gasteiger partial charge < -0.3 is 15.3 Å². The second-order valence-corrected chi connectivity index (χ2v) is 5.51. The number of carbonyl (C=O) groups is 2. The number of carboxylic acids is 1. The zero-order valence-corrected chi connectivity index (χ0v) is 11.2. The van der Waals surface area contributed by atoms with Gasteiger partial charge in [0.05, 0.1) is 0 Å². The van der Waals surface area contributed by atoms with Gasteiger partial charge in [-0.3, -0.25) is 0 Å². The first-order valence-corrected chi connectivity index (χ1v) is 6.38. The van der Waals surface area contributed by atoms with Crippen LogP contribution in [0.2, 0.25) is 0 Å². The SMILES string of the molecule is CC1(C(=O)O)C[C@@H](O)C[N+]1(Cc1ccccc1)C(=O)O. The van der Waals surface area contributed by atoms with Crippen LogP contribution >= 0.6 is 0 Å². The fourth-order valence-corrected chi connectivity index (χ4v) is 3.02. The second-order valence-electron chi connectivity index (χ2n) is 5.51. The third kappa shape index (κ3) is 2.07. The number of benzene rings is 1. The molecule has 20 heavy (non-hydrogen) atoms. The molecule has 0 spiro atoms. The van der Waals surface area contributed by atoms with Crippen LogP contribution in [-0.4, -0.2) is 50.1 Å². The second kappa shape index (κ2) is 4.88. The Morgan fingerprint density at radius 3 is 2.40 bits per heavy atom. The maximum Gasteiger partial charge on any atom is 0.514 e. The molecule has 2 unspecified atom stereocenters. The van der Waals surface area contributed by atoms with E-state index in [9.17, 15) is 24.9 Å². The highest BCUT2D eigenvalue weighted by Gasteiger charge is 2.65. The van der Waals surface area contributed by atoms with E-state index in [2.05, 4.69) is 0 Å². The van der Waals surface area contributed by atoms with Gasteiger partial charge in [-0.1, -0.05) is 30.3 Å². The summed E-state index contributed by atoms with van der Waals surface area (Å²) in [5.41, 5.74) is -0.808. The zero-order valence-electron chi connectivity index (χ0n) is 11.2. The van der Waals surface area contributed by atoms with E-state index >= 15 is 0 Å². The Bertz CT molecular complexity index is 532. The molecule has 1 aliphatic rings. The van der Waals surface area contributed by atoms with Gasteiger partial charge in [0, 0.05) is 18.9 Å². The van der Waals surface area contributed by atoms with Crippen molar-refractivity contribution in [3.8, 4) is 0 Å². The van der Waals surface area contributed by atoms with E-state index in [1.165, 1.54) is 6.92 Å². The number of likely N-dealkylation sites (tertiary alicyclic amines) is 1. The number of amides is 1. The molecule has 1 heterocycles. The molecule has 108 valence electrons. The van der Waals surface area contributed by atoms with Crippen LogP contribution < -0.4 is 0 Å². The van der Waals surface area contributed by atoms with Crippen molar-refractivity contribution >= 4 is 12.1 Å². The number of aliphatic hydroxyl groups excluding tert-OH is 1. The summed E-state index contributed by atoms with van der Waals surface area (Å²) >= 11 is 0. The number of hydrogen-bond acceptors (Lipinski definition) is 3. The number of aliphatic hydroxyl groups is 1. The summed E-state index contributed by atoms with van der Waals surface area (Å²) in [6.45, 7) is 1.33. The van der Waals surface area contributed by atoms with Crippen molar-refractivity contribution < 1.29 is 29.4 Å². The fraction of sp³-hybridized carbons (Fsp3) is 0.429. The summed E-state index contributed by atoms with van der Waals surface area (Å²) in [4.78, 5) is 23.4. The Hall–Kier alpha value is -1.92. The van der Waals surface area contributed by atoms with Crippen molar-refractivity contribution in [2.75, 3.05) is 6.54 Å². The van der Waals surface area contributed by atoms with E-state index in [1.807, 2.05) is 6.07 Å². The molecule has 3 atom stereocenters. The van der Waals surface area contributed by atoms with E-state index < -0.39 is 28.2 Å². The molecule has 1 amide bonds. The number of rotatable bonds is 3. The summed E-state index contributed by atoms with van der Waals surface area (Å²) < 4.78 is -0.687. The van der Waals surface area contributed by atoms with Crippen molar-refractivity contribution in [1.82, 2.24) is 0 Å². The molecule has 1 aromatic carbocycles. The van der Waals surface area contributed by atoms with E-state index in [0.717, 1.165) is 5.56 Å². The van der Waals surface area contributed by atoms with Crippen LogP contribution in [0.25, 0.3) is 0 Å². The Morgan fingerprint density at radius 1 is 1.30 bits per heavy atom. The highest BCUT2D eigenvalue weighted by molar-refractivity contribution is 5.80. The predicted molar refractivity (Wildman–Crippen MR) is 70.0 cm³/mol. The predicted octanol–water partition coefficient (Wildman–Crippen LogP) is 1.29. The van der Waals surface area contributed by atoms with Gasteiger partial charge in [0.1, 0.15) is 19.2 Å². The van der Waals surface area contributed by atoms with Crippen molar-refractivity contribution in [3.05, 3.63) is 35.9 Å².